The maximum Gasteiger partial charge on any atom is 0.269 e. The number of hydrogen-bond acceptors (Lipinski definition) is 6. The first-order valence-electron chi connectivity index (χ1n) is 11.2. The molecule has 2 N–H and O–H groups in total. The number of nitrogens with zero attached hydrogens (tertiary/aromatic N) is 3. The van der Waals surface area contributed by atoms with Crippen LogP contribution in [0.4, 0.5) is 14.5 Å². The molecule has 2 aliphatic heterocycles. The minimum absolute atomic E-state index is 0.0243. The van der Waals surface area contributed by atoms with E-state index in [0.29, 0.717) is 73.7 Å². The third kappa shape index (κ3) is 3.77. The van der Waals surface area contributed by atoms with E-state index in [1.54, 1.807) is 19.1 Å². The lowest BCUT2D eigenvalue weighted by Gasteiger charge is -2.36. The number of H-pyrrole nitrogens is 1. The van der Waals surface area contributed by atoms with E-state index in [-0.39, 0.29) is 16.8 Å². The molecule has 2 aliphatic rings. The normalized spacial score (nSPS) is 15.9. The van der Waals surface area contributed by atoms with Crippen LogP contribution in [0.3, 0.4) is 0 Å². The van der Waals surface area contributed by atoms with Crippen LogP contribution in [0.25, 0.3) is 10.9 Å². The minimum atomic E-state index is -0.694. The van der Waals surface area contributed by atoms with E-state index in [4.69, 9.17) is 4.74 Å². The van der Waals surface area contributed by atoms with Crippen molar-refractivity contribution in [3.05, 3.63) is 62.7 Å². The van der Waals surface area contributed by atoms with Gasteiger partial charge in [0.15, 0.2) is 5.82 Å². The molecule has 2 aromatic heterocycles. The first kappa shape index (κ1) is 22.3. The zero-order chi connectivity index (χ0) is 24.0. The summed E-state index contributed by atoms with van der Waals surface area (Å²) in [6.45, 7) is 4.70. The lowest BCUT2D eigenvalue weighted by atomic mass is 9.99. The van der Waals surface area contributed by atoms with Gasteiger partial charge in [-0.1, -0.05) is 0 Å². The highest BCUT2D eigenvalue weighted by Gasteiger charge is 2.28. The predicted octanol–water partition coefficient (Wildman–Crippen LogP) is 2.13. The predicted molar refractivity (Wildman–Crippen MR) is 124 cm³/mol. The average molecular weight is 469 g/mol. The number of fused-ring (bicyclic) bond motifs is 3. The molecule has 5 rings (SSSR count). The second kappa shape index (κ2) is 8.68. The molecule has 4 heterocycles. The zero-order valence-corrected chi connectivity index (χ0v) is 19.0. The average Bonchev–Trinajstić information content (AvgIpc) is 3.33. The number of aromatic amines is 1. The van der Waals surface area contributed by atoms with E-state index in [0.717, 1.165) is 5.56 Å². The summed E-state index contributed by atoms with van der Waals surface area (Å²) in [5.41, 5.74) is 2.18. The van der Waals surface area contributed by atoms with Crippen molar-refractivity contribution in [2.75, 3.05) is 44.7 Å². The molecule has 0 radical (unpaired) electrons. The summed E-state index contributed by atoms with van der Waals surface area (Å²) in [5.74, 6) is -1.03. The van der Waals surface area contributed by atoms with Crippen molar-refractivity contribution < 1.29 is 18.3 Å². The Morgan fingerprint density at radius 1 is 1.24 bits per heavy atom. The van der Waals surface area contributed by atoms with Gasteiger partial charge in [0.05, 0.1) is 17.8 Å². The summed E-state index contributed by atoms with van der Waals surface area (Å²) in [4.78, 5) is 34.2. The maximum atomic E-state index is 15.5. The van der Waals surface area contributed by atoms with Gasteiger partial charge in [0.25, 0.3) is 11.5 Å². The maximum absolute atomic E-state index is 15.5. The monoisotopic (exact) mass is 469 g/mol. The van der Waals surface area contributed by atoms with Crippen molar-refractivity contribution in [2.24, 2.45) is 0 Å². The van der Waals surface area contributed by atoms with Gasteiger partial charge in [-0.25, -0.2) is 9.37 Å². The molecule has 1 fully saturated rings. The van der Waals surface area contributed by atoms with Gasteiger partial charge in [-0.05, 0) is 25.1 Å². The number of aromatic nitrogens is 2. The molecule has 8 nitrogen and oxygen atoms in total. The van der Waals surface area contributed by atoms with Gasteiger partial charge in [-0.15, -0.1) is 0 Å². The van der Waals surface area contributed by atoms with Crippen LogP contribution in [0.2, 0.25) is 0 Å². The van der Waals surface area contributed by atoms with E-state index in [9.17, 15) is 14.0 Å². The lowest BCUT2D eigenvalue weighted by Crippen LogP contribution is -2.46. The number of hydrogen-bond donors (Lipinski definition) is 2. The van der Waals surface area contributed by atoms with E-state index in [2.05, 4.69) is 20.2 Å². The molecule has 1 aromatic carbocycles. The molecule has 10 heteroatoms. The molecule has 0 bridgehead atoms. The van der Waals surface area contributed by atoms with E-state index in [1.165, 1.54) is 13.1 Å². The molecule has 1 saturated heterocycles. The number of rotatable bonds is 4. The second-order valence-electron chi connectivity index (χ2n) is 8.62. The fourth-order valence-electron chi connectivity index (χ4n) is 4.71. The number of carbonyl (C=O) groups is 1. The van der Waals surface area contributed by atoms with Crippen molar-refractivity contribution in [1.82, 2.24) is 20.2 Å². The Kier molecular flexibility index (Phi) is 5.68. The minimum Gasteiger partial charge on any atom is -0.492 e. The van der Waals surface area contributed by atoms with Crippen LogP contribution in [-0.4, -0.2) is 60.6 Å². The van der Waals surface area contributed by atoms with Crippen molar-refractivity contribution in [3.63, 3.8) is 0 Å². The van der Waals surface area contributed by atoms with E-state index >= 15 is 4.39 Å². The van der Waals surface area contributed by atoms with Crippen molar-refractivity contribution in [1.29, 1.82) is 0 Å². The summed E-state index contributed by atoms with van der Waals surface area (Å²) >= 11 is 0. The van der Waals surface area contributed by atoms with Crippen LogP contribution in [0, 0.1) is 18.7 Å². The highest BCUT2D eigenvalue weighted by atomic mass is 19.1. The molecule has 0 aliphatic carbocycles. The molecule has 178 valence electrons. The van der Waals surface area contributed by atoms with Crippen molar-refractivity contribution in [2.45, 2.75) is 19.9 Å². The molecule has 34 heavy (non-hydrogen) atoms. The molecule has 0 saturated carbocycles. The molecule has 0 atom stereocenters. The van der Waals surface area contributed by atoms with Crippen LogP contribution in [0.1, 0.15) is 27.2 Å². The van der Waals surface area contributed by atoms with Crippen molar-refractivity contribution >= 4 is 22.5 Å². The number of carbonyl (C=O) groups excluding carboxylic acids is 1. The molecule has 1 amide bonds. The van der Waals surface area contributed by atoms with Gasteiger partial charge < -0.3 is 19.9 Å². The number of anilines is 1. The highest BCUT2D eigenvalue weighted by molar-refractivity contribution is 5.92. The van der Waals surface area contributed by atoms with Gasteiger partial charge in [-0.3, -0.25) is 14.5 Å². The summed E-state index contributed by atoms with van der Waals surface area (Å²) < 4.78 is 35.9. The number of piperazine rings is 1. The molecule has 0 spiro atoms. The van der Waals surface area contributed by atoms with Gasteiger partial charge >= 0.3 is 0 Å². The second-order valence-corrected chi connectivity index (χ2v) is 8.62. The third-order valence-corrected chi connectivity index (χ3v) is 6.57. The number of halogens is 2. The van der Waals surface area contributed by atoms with Crippen LogP contribution >= 0.6 is 0 Å². The molecule has 0 unspecified atom stereocenters. The number of nitrogens with one attached hydrogen (secondary N) is 2. The van der Waals surface area contributed by atoms with Gasteiger partial charge in [0.2, 0.25) is 5.95 Å². The Balaban J connectivity index is 1.36. The largest absolute Gasteiger partial charge is 0.492 e. The van der Waals surface area contributed by atoms with Crippen molar-refractivity contribution in [3.8, 4) is 5.75 Å². The Bertz CT molecular complexity index is 1350. The summed E-state index contributed by atoms with van der Waals surface area (Å²) in [6.07, 6.45) is 0.663. The first-order valence-corrected chi connectivity index (χ1v) is 11.2. The third-order valence-electron chi connectivity index (χ3n) is 6.57. The van der Waals surface area contributed by atoms with Gasteiger partial charge in [0.1, 0.15) is 11.4 Å². The summed E-state index contributed by atoms with van der Waals surface area (Å²) in [6, 6.07) is 4.78. The standard InChI is InChI=1S/C24H25F2N5O3/c1-13-11-15-14-5-10-34-21(14)16(19(25)20(15)29-23(13)32)12-30-6-8-31(9-7-30)18-4-3-17(24(33)27-2)28-22(18)26/h3-4,11H,5-10,12H2,1-2H3,(H,27,33)(H,29,32). The fourth-order valence-corrected chi connectivity index (χ4v) is 4.71. The first-order chi connectivity index (χ1) is 16.4. The molecular weight excluding hydrogens is 444 g/mol. The number of aryl methyl sites for hydroxylation is 1. The fraction of sp³-hybridized carbons (Fsp3) is 0.375. The molecule has 3 aromatic rings. The number of benzene rings is 1. The van der Waals surface area contributed by atoms with Crippen LogP contribution in [-0.2, 0) is 13.0 Å². The Labute approximate surface area is 194 Å². The van der Waals surface area contributed by atoms with Crippen LogP contribution < -0.4 is 20.5 Å². The van der Waals surface area contributed by atoms with Crippen LogP contribution in [0.15, 0.2) is 23.0 Å². The number of ether oxygens (including phenoxy) is 1. The van der Waals surface area contributed by atoms with Gasteiger partial charge in [0, 0.05) is 68.3 Å². The van der Waals surface area contributed by atoms with Crippen LogP contribution in [0.5, 0.6) is 5.75 Å². The Morgan fingerprint density at radius 2 is 2.00 bits per heavy atom. The zero-order valence-electron chi connectivity index (χ0n) is 19.0. The number of pyridine rings is 2. The van der Waals surface area contributed by atoms with E-state index in [1.807, 2.05) is 4.90 Å². The summed E-state index contributed by atoms with van der Waals surface area (Å²) in [5, 5.41) is 3.12. The number of amides is 1. The SMILES string of the molecule is CNC(=O)c1ccc(N2CCN(Cc3c4c(c5cc(C)c(=O)[nH]c5c3F)CCO4)CC2)c(F)n1. The smallest absolute Gasteiger partial charge is 0.269 e. The quantitative estimate of drug-likeness (QED) is 0.569. The lowest BCUT2D eigenvalue weighted by molar-refractivity contribution is 0.0957. The Morgan fingerprint density at radius 3 is 2.71 bits per heavy atom. The highest BCUT2D eigenvalue weighted by Crippen LogP contribution is 2.39. The van der Waals surface area contributed by atoms with E-state index < -0.39 is 17.7 Å². The molecular formula is C24H25F2N5O3. The van der Waals surface area contributed by atoms with Gasteiger partial charge in [-0.2, -0.15) is 4.39 Å². The Hall–Kier alpha value is -3.53. The summed E-state index contributed by atoms with van der Waals surface area (Å²) in [7, 11) is 1.46. The topological polar surface area (TPSA) is 90.6 Å².